The van der Waals surface area contributed by atoms with Crippen molar-refractivity contribution >= 4 is 10.9 Å². The van der Waals surface area contributed by atoms with Crippen molar-refractivity contribution in [2.75, 3.05) is 13.1 Å². The van der Waals surface area contributed by atoms with E-state index in [0.717, 1.165) is 31.7 Å². The zero-order chi connectivity index (χ0) is 15.2. The highest BCUT2D eigenvalue weighted by Crippen LogP contribution is 2.27. The number of benzene rings is 2. The number of aryl methyl sites for hydroxylation is 1. The molecular weight excluding hydrogens is 270 g/mol. The average Bonchev–Trinajstić information content (AvgIpc) is 2.95. The van der Waals surface area contributed by atoms with E-state index in [1.165, 1.54) is 16.5 Å². The molecular formula is C19H21N3. The summed E-state index contributed by atoms with van der Waals surface area (Å²) in [6.45, 7) is 6.46. The Hall–Kier alpha value is -2.39. The van der Waals surface area contributed by atoms with Crippen molar-refractivity contribution in [3.8, 4) is 11.3 Å². The Kier molecular flexibility index (Phi) is 4.66. The molecule has 1 aromatic heterocycles. The lowest BCUT2D eigenvalue weighted by Gasteiger charge is -2.04. The number of rotatable bonds is 7. The number of hydrogen-bond donors (Lipinski definition) is 1. The Labute approximate surface area is 131 Å². The van der Waals surface area contributed by atoms with E-state index in [0.29, 0.717) is 0 Å². The van der Waals surface area contributed by atoms with Gasteiger partial charge in [-0.1, -0.05) is 54.6 Å². The van der Waals surface area contributed by atoms with Gasteiger partial charge < -0.3 is 5.32 Å². The fourth-order valence-corrected chi connectivity index (χ4v) is 2.67. The second-order valence-electron chi connectivity index (χ2n) is 5.30. The monoisotopic (exact) mass is 291 g/mol. The molecule has 0 radical (unpaired) electrons. The minimum atomic E-state index is 0.856. The molecule has 3 aromatic rings. The molecule has 22 heavy (non-hydrogen) atoms. The fourth-order valence-electron chi connectivity index (χ4n) is 2.67. The van der Waals surface area contributed by atoms with E-state index < -0.39 is 0 Å². The Balaban J connectivity index is 1.86. The molecule has 0 atom stereocenters. The Bertz CT molecular complexity index is 744. The van der Waals surface area contributed by atoms with Crippen LogP contribution in [0.2, 0.25) is 0 Å². The molecule has 112 valence electrons. The molecule has 1 heterocycles. The van der Waals surface area contributed by atoms with E-state index in [1.807, 2.05) is 12.1 Å². The quantitative estimate of drug-likeness (QED) is 0.529. The van der Waals surface area contributed by atoms with Gasteiger partial charge in [-0.2, -0.15) is 5.10 Å². The summed E-state index contributed by atoms with van der Waals surface area (Å²) >= 11 is 0. The number of para-hydroxylation sites is 1. The van der Waals surface area contributed by atoms with Crippen LogP contribution in [-0.2, 0) is 6.54 Å². The summed E-state index contributed by atoms with van der Waals surface area (Å²) in [7, 11) is 0. The molecule has 0 fully saturated rings. The summed E-state index contributed by atoms with van der Waals surface area (Å²) in [5, 5.41) is 9.39. The fraction of sp³-hybridized carbons (Fsp3) is 0.211. The van der Waals surface area contributed by atoms with Crippen molar-refractivity contribution in [2.45, 2.75) is 13.0 Å². The third-order valence-electron chi connectivity index (χ3n) is 3.72. The molecule has 1 N–H and O–H groups in total. The van der Waals surface area contributed by atoms with E-state index in [-0.39, 0.29) is 0 Å². The van der Waals surface area contributed by atoms with Crippen LogP contribution in [0.1, 0.15) is 6.42 Å². The second kappa shape index (κ2) is 7.05. The molecule has 3 heteroatoms. The van der Waals surface area contributed by atoms with Crippen LogP contribution >= 0.6 is 0 Å². The highest BCUT2D eigenvalue weighted by Gasteiger charge is 2.11. The maximum absolute atomic E-state index is 4.85. The van der Waals surface area contributed by atoms with Gasteiger partial charge in [0, 0.05) is 24.0 Å². The van der Waals surface area contributed by atoms with E-state index in [2.05, 4.69) is 65.1 Å². The van der Waals surface area contributed by atoms with Crippen LogP contribution in [-0.4, -0.2) is 22.9 Å². The molecule has 0 amide bonds. The summed E-state index contributed by atoms with van der Waals surface area (Å²) in [6, 6.07) is 18.8. The van der Waals surface area contributed by atoms with E-state index in [4.69, 9.17) is 5.10 Å². The standard InChI is InChI=1S/C19H21N3/c1-2-13-20-14-8-15-22-18-12-7-6-11-17(18)19(21-22)16-9-4-3-5-10-16/h2-7,9-12,20H,1,8,13-15H2. The van der Waals surface area contributed by atoms with Crippen LogP contribution < -0.4 is 5.32 Å². The van der Waals surface area contributed by atoms with Crippen LogP contribution in [0.5, 0.6) is 0 Å². The van der Waals surface area contributed by atoms with Gasteiger partial charge in [0.25, 0.3) is 0 Å². The predicted octanol–water partition coefficient (Wildman–Crippen LogP) is 3.87. The second-order valence-corrected chi connectivity index (χ2v) is 5.30. The zero-order valence-electron chi connectivity index (χ0n) is 12.7. The number of nitrogens with one attached hydrogen (secondary N) is 1. The summed E-state index contributed by atoms with van der Waals surface area (Å²) in [5.41, 5.74) is 3.43. The first-order valence-corrected chi connectivity index (χ1v) is 7.73. The van der Waals surface area contributed by atoms with Crippen LogP contribution in [0.15, 0.2) is 67.3 Å². The van der Waals surface area contributed by atoms with Crippen molar-refractivity contribution in [1.29, 1.82) is 0 Å². The van der Waals surface area contributed by atoms with E-state index >= 15 is 0 Å². The first-order chi connectivity index (χ1) is 10.9. The maximum atomic E-state index is 4.85. The van der Waals surface area contributed by atoms with Crippen molar-refractivity contribution in [2.24, 2.45) is 0 Å². The Morgan fingerprint density at radius 2 is 1.82 bits per heavy atom. The Morgan fingerprint density at radius 3 is 2.64 bits per heavy atom. The summed E-state index contributed by atoms with van der Waals surface area (Å²) in [4.78, 5) is 0. The van der Waals surface area contributed by atoms with Crippen LogP contribution in [0.3, 0.4) is 0 Å². The average molecular weight is 291 g/mol. The maximum Gasteiger partial charge on any atom is 0.100 e. The minimum absolute atomic E-state index is 0.856. The lowest BCUT2D eigenvalue weighted by atomic mass is 10.1. The SMILES string of the molecule is C=CCNCCCn1nc(-c2ccccc2)c2ccccc21. The highest BCUT2D eigenvalue weighted by molar-refractivity contribution is 5.93. The number of hydrogen-bond acceptors (Lipinski definition) is 2. The van der Waals surface area contributed by atoms with Crippen molar-refractivity contribution in [3.05, 3.63) is 67.3 Å². The van der Waals surface area contributed by atoms with Gasteiger partial charge in [-0.3, -0.25) is 4.68 Å². The van der Waals surface area contributed by atoms with E-state index in [1.54, 1.807) is 0 Å². The largest absolute Gasteiger partial charge is 0.313 e. The summed E-state index contributed by atoms with van der Waals surface area (Å²) in [6.07, 6.45) is 2.94. The normalized spacial score (nSPS) is 10.9. The third kappa shape index (κ3) is 3.10. The summed E-state index contributed by atoms with van der Waals surface area (Å²) < 4.78 is 2.12. The Morgan fingerprint density at radius 1 is 1.05 bits per heavy atom. The van der Waals surface area contributed by atoms with Gasteiger partial charge in [0.1, 0.15) is 5.69 Å². The van der Waals surface area contributed by atoms with Gasteiger partial charge in [-0.25, -0.2) is 0 Å². The van der Waals surface area contributed by atoms with Gasteiger partial charge in [0.2, 0.25) is 0 Å². The molecule has 0 spiro atoms. The molecule has 3 nitrogen and oxygen atoms in total. The first kappa shape index (κ1) is 14.5. The van der Waals surface area contributed by atoms with Crippen molar-refractivity contribution in [3.63, 3.8) is 0 Å². The molecule has 3 rings (SSSR count). The van der Waals surface area contributed by atoms with Gasteiger partial charge in [0.05, 0.1) is 5.52 Å². The van der Waals surface area contributed by atoms with Crippen LogP contribution in [0.25, 0.3) is 22.2 Å². The van der Waals surface area contributed by atoms with Crippen LogP contribution in [0, 0.1) is 0 Å². The smallest absolute Gasteiger partial charge is 0.100 e. The molecule has 0 aliphatic carbocycles. The lowest BCUT2D eigenvalue weighted by molar-refractivity contribution is 0.570. The number of aromatic nitrogens is 2. The van der Waals surface area contributed by atoms with Crippen molar-refractivity contribution in [1.82, 2.24) is 15.1 Å². The first-order valence-electron chi connectivity index (χ1n) is 7.73. The topological polar surface area (TPSA) is 29.9 Å². The molecule has 0 aliphatic rings. The molecule has 2 aromatic carbocycles. The minimum Gasteiger partial charge on any atom is -0.313 e. The summed E-state index contributed by atoms with van der Waals surface area (Å²) in [5.74, 6) is 0. The van der Waals surface area contributed by atoms with E-state index in [9.17, 15) is 0 Å². The van der Waals surface area contributed by atoms with Gasteiger partial charge in [-0.05, 0) is 19.0 Å². The van der Waals surface area contributed by atoms with Gasteiger partial charge in [0.15, 0.2) is 0 Å². The number of fused-ring (bicyclic) bond motifs is 1. The van der Waals surface area contributed by atoms with Crippen molar-refractivity contribution < 1.29 is 0 Å². The molecule has 0 saturated carbocycles. The molecule has 0 saturated heterocycles. The van der Waals surface area contributed by atoms with Gasteiger partial charge >= 0.3 is 0 Å². The highest BCUT2D eigenvalue weighted by atomic mass is 15.3. The third-order valence-corrected chi connectivity index (χ3v) is 3.72. The molecule has 0 unspecified atom stereocenters. The van der Waals surface area contributed by atoms with Gasteiger partial charge in [-0.15, -0.1) is 6.58 Å². The number of nitrogens with zero attached hydrogens (tertiary/aromatic N) is 2. The zero-order valence-corrected chi connectivity index (χ0v) is 12.7. The molecule has 0 aliphatic heterocycles. The molecule has 0 bridgehead atoms. The van der Waals surface area contributed by atoms with Crippen LogP contribution in [0.4, 0.5) is 0 Å². The predicted molar refractivity (Wildman–Crippen MR) is 92.9 cm³/mol. The lowest BCUT2D eigenvalue weighted by Crippen LogP contribution is -2.16.